The number of urea groups is 1. The van der Waals surface area contributed by atoms with Crippen LogP contribution in [0.2, 0.25) is 0 Å². The van der Waals surface area contributed by atoms with Crippen molar-refractivity contribution < 1.29 is 14.7 Å². The molecule has 5 heteroatoms. The Labute approximate surface area is 127 Å². The molecule has 1 unspecified atom stereocenters. The summed E-state index contributed by atoms with van der Waals surface area (Å²) in [5.41, 5.74) is 0.943. The Kier molecular flexibility index (Phi) is 5.07. The summed E-state index contributed by atoms with van der Waals surface area (Å²) in [4.78, 5) is 25.2. The minimum absolute atomic E-state index is 0.123. The molecule has 1 aliphatic rings. The van der Waals surface area contributed by atoms with Gasteiger partial charge < -0.3 is 15.3 Å². The van der Waals surface area contributed by atoms with Gasteiger partial charge in [-0.3, -0.25) is 0 Å². The van der Waals surface area contributed by atoms with Crippen LogP contribution in [-0.4, -0.2) is 41.1 Å². The zero-order valence-electron chi connectivity index (χ0n) is 14.0. The van der Waals surface area contributed by atoms with Gasteiger partial charge in [-0.05, 0) is 17.3 Å². The number of rotatable bonds is 2. The molecule has 0 aliphatic carbocycles. The molecule has 21 heavy (non-hydrogen) atoms. The summed E-state index contributed by atoms with van der Waals surface area (Å²) in [6.45, 7) is 13.1. The molecule has 0 fully saturated rings. The quantitative estimate of drug-likeness (QED) is 0.770. The lowest BCUT2D eigenvalue weighted by Gasteiger charge is -2.34. The number of aliphatic carboxylic acids is 1. The number of carboxylic acids is 1. The first kappa shape index (κ1) is 17.5. The van der Waals surface area contributed by atoms with E-state index in [2.05, 4.69) is 32.2 Å². The fourth-order valence-electron chi connectivity index (χ4n) is 2.40. The van der Waals surface area contributed by atoms with Crippen LogP contribution in [-0.2, 0) is 4.79 Å². The molecule has 1 rings (SSSR count). The number of carbonyl (C=O) groups is 2. The third-order valence-corrected chi connectivity index (χ3v) is 3.84. The van der Waals surface area contributed by atoms with Crippen LogP contribution in [0.4, 0.5) is 4.79 Å². The van der Waals surface area contributed by atoms with Crippen molar-refractivity contribution >= 4 is 12.0 Å². The molecule has 1 heterocycles. The Morgan fingerprint density at radius 1 is 1.24 bits per heavy atom. The van der Waals surface area contributed by atoms with Crippen molar-refractivity contribution in [2.45, 2.75) is 54.0 Å². The van der Waals surface area contributed by atoms with Crippen LogP contribution < -0.4 is 5.32 Å². The van der Waals surface area contributed by atoms with Gasteiger partial charge >= 0.3 is 12.0 Å². The van der Waals surface area contributed by atoms with E-state index >= 15 is 0 Å². The molecule has 1 aliphatic heterocycles. The maximum Gasteiger partial charge on any atom is 0.326 e. The molecule has 5 nitrogen and oxygen atoms in total. The molecule has 0 aromatic heterocycles. The normalized spacial score (nSPS) is 18.0. The first-order valence-electron chi connectivity index (χ1n) is 7.40. The highest BCUT2D eigenvalue weighted by molar-refractivity contribution is 5.83. The first-order chi connectivity index (χ1) is 9.43. The van der Waals surface area contributed by atoms with Gasteiger partial charge in [0.2, 0.25) is 0 Å². The van der Waals surface area contributed by atoms with E-state index in [0.29, 0.717) is 13.1 Å². The van der Waals surface area contributed by atoms with E-state index in [1.807, 2.05) is 0 Å². The van der Waals surface area contributed by atoms with Crippen molar-refractivity contribution in [2.24, 2.45) is 10.8 Å². The number of nitrogens with zero attached hydrogens (tertiary/aromatic N) is 1. The Morgan fingerprint density at radius 3 is 2.14 bits per heavy atom. The number of amides is 2. The summed E-state index contributed by atoms with van der Waals surface area (Å²) in [5, 5.41) is 11.9. The van der Waals surface area contributed by atoms with Crippen molar-refractivity contribution in [3.63, 3.8) is 0 Å². The molecule has 0 radical (unpaired) electrons. The van der Waals surface area contributed by atoms with Crippen molar-refractivity contribution in [1.29, 1.82) is 0 Å². The number of carboxylic acid groups (broad SMARTS) is 1. The van der Waals surface area contributed by atoms with Crippen LogP contribution >= 0.6 is 0 Å². The minimum Gasteiger partial charge on any atom is -0.480 e. The van der Waals surface area contributed by atoms with Crippen LogP contribution in [0.25, 0.3) is 0 Å². The average Bonchev–Trinajstić information content (AvgIpc) is 2.33. The summed E-state index contributed by atoms with van der Waals surface area (Å²) in [6.07, 6.45) is 2.92. The highest BCUT2D eigenvalue weighted by Gasteiger charge is 2.34. The molecule has 0 aromatic rings. The highest BCUT2D eigenvalue weighted by atomic mass is 16.4. The molecule has 0 aromatic carbocycles. The predicted octanol–water partition coefficient (Wildman–Crippen LogP) is 2.87. The lowest BCUT2D eigenvalue weighted by molar-refractivity contribution is -0.142. The molecule has 0 saturated carbocycles. The SMILES string of the molecule is CC(C)(C)C1=CCN(C(=O)NC(C(=O)O)C(C)(C)C)CC1. The fraction of sp³-hybridized carbons (Fsp3) is 0.750. The molecule has 1 atom stereocenters. The van der Waals surface area contributed by atoms with Crippen LogP contribution in [0, 0.1) is 10.8 Å². The van der Waals surface area contributed by atoms with Gasteiger partial charge in [0, 0.05) is 13.1 Å². The largest absolute Gasteiger partial charge is 0.480 e. The monoisotopic (exact) mass is 296 g/mol. The summed E-state index contributed by atoms with van der Waals surface area (Å²) < 4.78 is 0. The lowest BCUT2D eigenvalue weighted by Crippen LogP contribution is -2.54. The topological polar surface area (TPSA) is 69.6 Å². The summed E-state index contributed by atoms with van der Waals surface area (Å²) in [7, 11) is 0. The van der Waals surface area contributed by atoms with E-state index < -0.39 is 17.4 Å². The maximum atomic E-state index is 12.2. The van der Waals surface area contributed by atoms with Gasteiger partial charge in [-0.25, -0.2) is 9.59 Å². The Hall–Kier alpha value is -1.52. The van der Waals surface area contributed by atoms with E-state index in [-0.39, 0.29) is 11.4 Å². The molecular weight excluding hydrogens is 268 g/mol. The molecule has 0 spiro atoms. The Bertz CT molecular complexity index is 441. The van der Waals surface area contributed by atoms with Gasteiger partial charge in [0.15, 0.2) is 0 Å². The number of nitrogens with one attached hydrogen (secondary N) is 1. The van der Waals surface area contributed by atoms with Crippen LogP contribution in [0.5, 0.6) is 0 Å². The first-order valence-corrected chi connectivity index (χ1v) is 7.40. The van der Waals surface area contributed by atoms with Gasteiger partial charge in [-0.2, -0.15) is 0 Å². The van der Waals surface area contributed by atoms with E-state index in [4.69, 9.17) is 0 Å². The number of hydrogen-bond donors (Lipinski definition) is 2. The van der Waals surface area contributed by atoms with Crippen molar-refractivity contribution in [2.75, 3.05) is 13.1 Å². The number of hydrogen-bond acceptors (Lipinski definition) is 2. The van der Waals surface area contributed by atoms with Crippen molar-refractivity contribution in [1.82, 2.24) is 10.2 Å². The van der Waals surface area contributed by atoms with Gasteiger partial charge in [0.1, 0.15) is 6.04 Å². The molecule has 120 valence electrons. The molecule has 2 N–H and O–H groups in total. The van der Waals surface area contributed by atoms with Gasteiger partial charge in [0.25, 0.3) is 0 Å². The van der Waals surface area contributed by atoms with Crippen LogP contribution in [0.15, 0.2) is 11.6 Å². The third kappa shape index (κ3) is 4.76. The Balaban J connectivity index is 2.70. The number of carbonyl (C=O) groups excluding carboxylic acids is 1. The van der Waals surface area contributed by atoms with E-state index in [1.54, 1.807) is 25.7 Å². The summed E-state index contributed by atoms with van der Waals surface area (Å²) >= 11 is 0. The smallest absolute Gasteiger partial charge is 0.326 e. The van der Waals surface area contributed by atoms with Gasteiger partial charge in [0.05, 0.1) is 0 Å². The van der Waals surface area contributed by atoms with E-state index in [1.165, 1.54) is 5.57 Å². The highest BCUT2D eigenvalue weighted by Crippen LogP contribution is 2.30. The van der Waals surface area contributed by atoms with Crippen molar-refractivity contribution in [3.8, 4) is 0 Å². The van der Waals surface area contributed by atoms with E-state index in [0.717, 1.165) is 6.42 Å². The lowest BCUT2D eigenvalue weighted by atomic mass is 9.83. The van der Waals surface area contributed by atoms with Crippen molar-refractivity contribution in [3.05, 3.63) is 11.6 Å². The zero-order valence-corrected chi connectivity index (χ0v) is 14.0. The van der Waals surface area contributed by atoms with Crippen LogP contribution in [0.1, 0.15) is 48.0 Å². The summed E-state index contributed by atoms with van der Waals surface area (Å²) in [5.74, 6) is -1.00. The second kappa shape index (κ2) is 6.08. The second-order valence-corrected chi connectivity index (χ2v) is 7.76. The molecule has 0 saturated heterocycles. The fourth-order valence-corrected chi connectivity index (χ4v) is 2.40. The second-order valence-electron chi connectivity index (χ2n) is 7.76. The maximum absolute atomic E-state index is 12.2. The Morgan fingerprint density at radius 2 is 1.81 bits per heavy atom. The summed E-state index contributed by atoms with van der Waals surface area (Å²) in [6, 6.07) is -1.19. The molecular formula is C16H28N2O3. The van der Waals surface area contributed by atoms with Gasteiger partial charge in [-0.1, -0.05) is 53.2 Å². The standard InChI is InChI=1S/C16H28N2O3/c1-15(2,3)11-7-9-18(10-8-11)14(21)17-12(13(19)20)16(4,5)6/h7,12H,8-10H2,1-6H3,(H,17,21)(H,19,20). The third-order valence-electron chi connectivity index (χ3n) is 3.84. The van der Waals surface area contributed by atoms with Crippen LogP contribution in [0.3, 0.4) is 0 Å². The average molecular weight is 296 g/mol. The molecule has 2 amide bonds. The zero-order chi connectivity index (χ0) is 16.4. The molecule has 0 bridgehead atoms. The predicted molar refractivity (Wildman–Crippen MR) is 83.1 cm³/mol. The van der Waals surface area contributed by atoms with Gasteiger partial charge in [-0.15, -0.1) is 0 Å². The van der Waals surface area contributed by atoms with E-state index in [9.17, 15) is 14.7 Å². The minimum atomic E-state index is -1.00.